The quantitative estimate of drug-likeness (QED) is 0.154. The van der Waals surface area contributed by atoms with Gasteiger partial charge in [0.1, 0.15) is 0 Å². The Hall–Kier alpha value is -8.21. The molecule has 9 aromatic carbocycles. The lowest BCUT2D eigenvalue weighted by atomic mass is 9.98. The highest BCUT2D eigenvalue weighted by molar-refractivity contribution is 6.13. The van der Waals surface area contributed by atoms with Gasteiger partial charge < -0.3 is 4.57 Å². The molecule has 0 fully saturated rings. The van der Waals surface area contributed by atoms with Gasteiger partial charge in [0, 0.05) is 38.7 Å². The van der Waals surface area contributed by atoms with Crippen molar-refractivity contribution in [1.82, 2.24) is 19.5 Å². The van der Waals surface area contributed by atoms with Crippen molar-refractivity contribution in [1.29, 1.82) is 0 Å². The topological polar surface area (TPSA) is 43.6 Å². The molecule has 0 amide bonds. The zero-order valence-corrected chi connectivity index (χ0v) is 32.9. The standard InChI is InChI=1S/C57H38N4/c1-4-13-39(14-5-1)42-23-29-45(30-24-42)50-20-12-21-52-51-19-10-11-22-53(51)61(54(50)52)49-37-35-48(36-38-49)57-59-55(46-31-25-43(26-32-46)40-15-6-2-7-16-40)58-56(60-57)47-33-27-44(28-34-47)41-17-8-3-9-18-41/h1-38H/i10D,11D,19D,22D. The summed E-state index contributed by atoms with van der Waals surface area (Å²) >= 11 is 0. The average Bonchev–Trinajstić information content (AvgIpc) is 3.74. The zero-order valence-electron chi connectivity index (χ0n) is 36.9. The lowest BCUT2D eigenvalue weighted by molar-refractivity contribution is 1.07. The van der Waals surface area contributed by atoms with Crippen molar-refractivity contribution in [3.05, 3.63) is 230 Å². The molecule has 0 bridgehead atoms. The fraction of sp³-hybridized carbons (Fsp3) is 0. The third-order valence-corrected chi connectivity index (χ3v) is 11.2. The molecule has 4 heteroatoms. The van der Waals surface area contributed by atoms with Crippen LogP contribution < -0.4 is 0 Å². The molecule has 0 atom stereocenters. The lowest BCUT2D eigenvalue weighted by Gasteiger charge is -2.13. The second-order valence-corrected chi connectivity index (χ2v) is 14.9. The molecule has 0 saturated heterocycles. The van der Waals surface area contributed by atoms with E-state index in [1.54, 1.807) is 0 Å². The summed E-state index contributed by atoms with van der Waals surface area (Å²) in [5.41, 5.74) is 12.9. The first-order chi connectivity index (χ1) is 31.9. The Morgan fingerprint density at radius 1 is 0.311 bits per heavy atom. The Bertz CT molecular complexity index is 3420. The van der Waals surface area contributed by atoms with Gasteiger partial charge >= 0.3 is 0 Å². The molecular formula is C57H38N4. The maximum Gasteiger partial charge on any atom is 0.164 e. The maximum atomic E-state index is 9.22. The average molecular weight is 783 g/mol. The SMILES string of the molecule is [2H]c1c([2H])c([2H])c2c(c1[2H])c1cccc(-c3ccc(-c4ccccc4)cc3)c1n2-c1ccc(-c2nc(-c3ccc(-c4ccccc4)cc3)nc(-c3ccc(-c4ccccc4)cc3)n2)cc1. The Labute approximate surface area is 360 Å². The molecule has 286 valence electrons. The van der Waals surface area contributed by atoms with E-state index in [4.69, 9.17) is 19.1 Å². The van der Waals surface area contributed by atoms with Gasteiger partial charge in [0.05, 0.1) is 16.5 Å². The molecule has 2 aromatic heterocycles. The van der Waals surface area contributed by atoms with Crippen LogP contribution in [-0.4, -0.2) is 19.5 Å². The monoisotopic (exact) mass is 782 g/mol. The minimum Gasteiger partial charge on any atom is -0.309 e. The largest absolute Gasteiger partial charge is 0.309 e. The molecule has 2 heterocycles. The molecule has 61 heavy (non-hydrogen) atoms. The summed E-state index contributed by atoms with van der Waals surface area (Å²) in [4.78, 5) is 15.1. The second-order valence-electron chi connectivity index (χ2n) is 14.9. The summed E-state index contributed by atoms with van der Waals surface area (Å²) in [5, 5.41) is 1.21. The maximum absolute atomic E-state index is 9.22. The third kappa shape index (κ3) is 6.86. The molecule has 0 N–H and O–H groups in total. The van der Waals surface area contributed by atoms with Gasteiger partial charge in [-0.15, -0.1) is 0 Å². The van der Waals surface area contributed by atoms with E-state index in [0.717, 1.165) is 77.8 Å². The van der Waals surface area contributed by atoms with Crippen LogP contribution in [0.1, 0.15) is 5.48 Å². The first-order valence-electron chi connectivity index (χ1n) is 22.3. The van der Waals surface area contributed by atoms with E-state index in [2.05, 4.69) is 84.9 Å². The van der Waals surface area contributed by atoms with E-state index >= 15 is 0 Å². The Balaban J connectivity index is 1.05. The van der Waals surface area contributed by atoms with Crippen LogP contribution in [0, 0.1) is 0 Å². The third-order valence-electron chi connectivity index (χ3n) is 11.2. The fourth-order valence-electron chi connectivity index (χ4n) is 8.14. The zero-order chi connectivity index (χ0) is 44.0. The van der Waals surface area contributed by atoms with Crippen LogP contribution in [0.2, 0.25) is 0 Å². The summed E-state index contributed by atoms with van der Waals surface area (Å²) in [6.45, 7) is 0. The van der Waals surface area contributed by atoms with Crippen molar-refractivity contribution in [3.63, 3.8) is 0 Å². The number of para-hydroxylation sites is 2. The lowest BCUT2D eigenvalue weighted by Crippen LogP contribution is -2.01. The van der Waals surface area contributed by atoms with Gasteiger partial charge in [-0.05, 0) is 69.3 Å². The number of hydrogen-bond donors (Lipinski definition) is 0. The smallest absolute Gasteiger partial charge is 0.164 e. The van der Waals surface area contributed by atoms with Crippen molar-refractivity contribution >= 4 is 21.8 Å². The van der Waals surface area contributed by atoms with Crippen LogP contribution in [0.25, 0.3) is 106 Å². The van der Waals surface area contributed by atoms with Crippen LogP contribution in [0.3, 0.4) is 0 Å². The molecule has 11 rings (SSSR count). The first kappa shape index (κ1) is 31.7. The molecular weight excluding hydrogens is 741 g/mol. The number of benzene rings is 9. The van der Waals surface area contributed by atoms with E-state index in [1.165, 1.54) is 0 Å². The molecule has 11 aromatic rings. The summed E-state index contributed by atoms with van der Waals surface area (Å²) in [7, 11) is 0. The fourth-order valence-corrected chi connectivity index (χ4v) is 8.14. The number of nitrogens with zero attached hydrogens (tertiary/aromatic N) is 4. The highest BCUT2D eigenvalue weighted by atomic mass is 15.0. The van der Waals surface area contributed by atoms with E-state index in [0.29, 0.717) is 28.4 Å². The van der Waals surface area contributed by atoms with Gasteiger partial charge in [-0.25, -0.2) is 15.0 Å². The number of rotatable bonds is 8. The molecule has 0 aliphatic carbocycles. The van der Waals surface area contributed by atoms with E-state index in [9.17, 15) is 1.37 Å². The molecule has 4 nitrogen and oxygen atoms in total. The van der Waals surface area contributed by atoms with Crippen LogP contribution in [0.5, 0.6) is 0 Å². The number of aromatic nitrogens is 4. The van der Waals surface area contributed by atoms with E-state index in [-0.39, 0.29) is 24.2 Å². The van der Waals surface area contributed by atoms with Gasteiger partial charge in [-0.3, -0.25) is 0 Å². The minimum atomic E-state index is -0.282. The Morgan fingerprint density at radius 3 is 1.15 bits per heavy atom. The predicted molar refractivity (Wildman–Crippen MR) is 252 cm³/mol. The summed E-state index contributed by atoms with van der Waals surface area (Å²) in [6, 6.07) is 68.8. The number of fused-ring (bicyclic) bond motifs is 3. The van der Waals surface area contributed by atoms with E-state index < -0.39 is 0 Å². The highest BCUT2D eigenvalue weighted by Crippen LogP contribution is 2.39. The normalized spacial score (nSPS) is 12.2. The minimum absolute atomic E-state index is 0.0724. The molecule has 0 saturated carbocycles. The van der Waals surface area contributed by atoms with E-state index in [1.807, 2.05) is 126 Å². The van der Waals surface area contributed by atoms with Crippen LogP contribution in [0.4, 0.5) is 0 Å². The molecule has 0 spiro atoms. The summed E-state index contributed by atoms with van der Waals surface area (Å²) < 4.78 is 37.7. The summed E-state index contributed by atoms with van der Waals surface area (Å²) in [5.74, 6) is 1.59. The van der Waals surface area contributed by atoms with Crippen molar-refractivity contribution in [2.24, 2.45) is 0 Å². The molecule has 0 unspecified atom stereocenters. The molecule has 0 radical (unpaired) electrons. The van der Waals surface area contributed by atoms with Gasteiger partial charge in [0.15, 0.2) is 17.5 Å². The van der Waals surface area contributed by atoms with Crippen molar-refractivity contribution in [3.8, 4) is 84.4 Å². The Kier molecular flexibility index (Phi) is 8.07. The molecule has 0 aliphatic heterocycles. The van der Waals surface area contributed by atoms with Crippen molar-refractivity contribution in [2.75, 3.05) is 0 Å². The second kappa shape index (κ2) is 15.5. The van der Waals surface area contributed by atoms with Gasteiger partial charge in [-0.2, -0.15) is 0 Å². The van der Waals surface area contributed by atoms with Gasteiger partial charge in [0.25, 0.3) is 0 Å². The van der Waals surface area contributed by atoms with Crippen LogP contribution >= 0.6 is 0 Å². The number of hydrogen-bond acceptors (Lipinski definition) is 3. The van der Waals surface area contributed by atoms with Gasteiger partial charge in [-0.1, -0.05) is 200 Å². The predicted octanol–water partition coefficient (Wildman–Crippen LogP) is 14.6. The molecule has 0 aliphatic rings. The van der Waals surface area contributed by atoms with Crippen molar-refractivity contribution in [2.45, 2.75) is 0 Å². The van der Waals surface area contributed by atoms with Crippen LogP contribution in [0.15, 0.2) is 230 Å². The highest BCUT2D eigenvalue weighted by Gasteiger charge is 2.18. The van der Waals surface area contributed by atoms with Crippen molar-refractivity contribution < 1.29 is 5.48 Å². The van der Waals surface area contributed by atoms with Gasteiger partial charge in [0.2, 0.25) is 0 Å². The Morgan fingerprint density at radius 2 is 0.689 bits per heavy atom. The summed E-state index contributed by atoms with van der Waals surface area (Å²) in [6.07, 6.45) is 0. The van der Waals surface area contributed by atoms with Crippen LogP contribution in [-0.2, 0) is 0 Å². The first-order valence-corrected chi connectivity index (χ1v) is 20.3.